The lowest BCUT2D eigenvalue weighted by molar-refractivity contribution is -0.140. The molecular formula is C31H25Cl2F5N2O6. The van der Waals surface area contributed by atoms with E-state index >= 15 is 8.78 Å². The number of nitrogens with zero attached hydrogens (tertiary/aromatic N) is 2. The lowest BCUT2D eigenvalue weighted by Gasteiger charge is -2.50. The molecule has 46 heavy (non-hydrogen) atoms. The number of hydrogen-bond donors (Lipinski definition) is 1. The van der Waals surface area contributed by atoms with Gasteiger partial charge in [0.25, 0.3) is 11.8 Å². The van der Waals surface area contributed by atoms with Crippen LogP contribution in [-0.2, 0) is 19.2 Å². The number of anilines is 1. The van der Waals surface area contributed by atoms with E-state index in [9.17, 15) is 37.5 Å². The van der Waals surface area contributed by atoms with Gasteiger partial charge in [-0.25, -0.2) is 26.9 Å². The van der Waals surface area contributed by atoms with Crippen molar-refractivity contribution >= 4 is 52.5 Å². The van der Waals surface area contributed by atoms with Crippen molar-refractivity contribution in [1.29, 1.82) is 0 Å². The molecule has 6 atom stereocenters. The van der Waals surface area contributed by atoms with Crippen molar-refractivity contribution < 1.29 is 51.0 Å². The summed E-state index contributed by atoms with van der Waals surface area (Å²) in [4.78, 5) is 51.0. The van der Waals surface area contributed by atoms with E-state index in [1.807, 2.05) is 0 Å². The first kappa shape index (κ1) is 32.2. The number of carbonyl (C=O) groups excluding carboxylic acids is 4. The number of likely N-dealkylation sites (tertiary alicyclic amines) is 1. The van der Waals surface area contributed by atoms with Gasteiger partial charge < -0.3 is 9.84 Å². The molecule has 2 saturated heterocycles. The molecule has 8 nitrogen and oxygen atoms in total. The van der Waals surface area contributed by atoms with Crippen LogP contribution in [0.1, 0.15) is 44.6 Å². The van der Waals surface area contributed by atoms with Gasteiger partial charge >= 0.3 is 0 Å². The summed E-state index contributed by atoms with van der Waals surface area (Å²) in [6.45, 7) is 3.63. The Kier molecular flexibility index (Phi) is 7.66. The molecule has 2 aliphatic heterocycles. The summed E-state index contributed by atoms with van der Waals surface area (Å²) in [6, 6.07) is 3.86. The number of fused-ring (bicyclic) bond motifs is 4. The summed E-state index contributed by atoms with van der Waals surface area (Å²) in [5.41, 5.74) is -1.42. The number of hydrogen-bond acceptors (Lipinski definition) is 6. The molecule has 1 N–H and O–H groups in total. The van der Waals surface area contributed by atoms with Gasteiger partial charge in [-0.05, 0) is 49.8 Å². The van der Waals surface area contributed by atoms with E-state index < -0.39 is 98.2 Å². The number of phenolic OH excluding ortho intramolecular Hbond substituents is 1. The molecule has 6 rings (SSSR count). The predicted octanol–water partition coefficient (Wildman–Crippen LogP) is 5.46. The van der Waals surface area contributed by atoms with Crippen LogP contribution in [0.15, 0.2) is 29.8 Å². The van der Waals surface area contributed by atoms with Gasteiger partial charge in [0.05, 0.1) is 18.4 Å². The molecule has 1 saturated carbocycles. The van der Waals surface area contributed by atoms with Gasteiger partial charge in [0.1, 0.15) is 5.69 Å². The molecule has 15 heteroatoms. The maximum Gasteiger partial charge on any atom is 0.258 e. The molecule has 2 heterocycles. The van der Waals surface area contributed by atoms with Crippen molar-refractivity contribution in [3.8, 4) is 11.5 Å². The van der Waals surface area contributed by atoms with E-state index in [4.69, 9.17) is 27.9 Å². The Labute approximate surface area is 268 Å². The number of benzene rings is 2. The van der Waals surface area contributed by atoms with E-state index in [1.54, 1.807) is 19.9 Å². The largest absolute Gasteiger partial charge is 0.504 e. The van der Waals surface area contributed by atoms with Gasteiger partial charge in [-0.3, -0.25) is 24.1 Å². The van der Waals surface area contributed by atoms with E-state index in [2.05, 4.69) is 0 Å². The smallest absolute Gasteiger partial charge is 0.258 e. The highest BCUT2D eigenvalue weighted by atomic mass is 35.5. The first-order valence-electron chi connectivity index (χ1n) is 14.5. The standard InChI is InChI=1S/C31H25Cl2F5N2O6/c1-3-9-39-26(42)14-7-6-13-15(18(14)27(39)43)11-30(32)28(44)40(25-23(37)21(35)20(34)22(36)24(25)38)29(45)31(30,33)19(13)12-5-8-16(41)17(10-12)46-4-2/h5-6,8,10,14-15,18-19,41H,3-4,7,9,11H2,1-2H3/t14-,15+,18-,19-,30+,31-/m0/s1. The fourth-order valence-corrected chi connectivity index (χ4v) is 8.37. The quantitative estimate of drug-likeness (QED) is 0.108. The number of ether oxygens (including phenoxy) is 1. The summed E-state index contributed by atoms with van der Waals surface area (Å²) < 4.78 is 78.4. The molecule has 4 aliphatic rings. The number of rotatable bonds is 6. The third-order valence-electron chi connectivity index (χ3n) is 9.38. The molecule has 0 spiro atoms. The zero-order valence-corrected chi connectivity index (χ0v) is 25.7. The van der Waals surface area contributed by atoms with Crippen LogP contribution in [-0.4, -0.2) is 56.5 Å². The Morgan fingerprint density at radius 3 is 2.15 bits per heavy atom. The van der Waals surface area contributed by atoms with Crippen molar-refractivity contribution in [1.82, 2.24) is 4.90 Å². The first-order chi connectivity index (χ1) is 21.7. The molecule has 0 aromatic heterocycles. The lowest BCUT2D eigenvalue weighted by atomic mass is 9.56. The zero-order chi connectivity index (χ0) is 33.6. The predicted molar refractivity (Wildman–Crippen MR) is 153 cm³/mol. The van der Waals surface area contributed by atoms with Crippen LogP contribution in [0.25, 0.3) is 0 Å². The number of allylic oxidation sites excluding steroid dienone is 2. The van der Waals surface area contributed by atoms with Crippen LogP contribution in [0.5, 0.6) is 11.5 Å². The Balaban J connectivity index is 1.60. The van der Waals surface area contributed by atoms with Gasteiger partial charge in [0.2, 0.25) is 17.6 Å². The molecule has 2 aliphatic carbocycles. The summed E-state index contributed by atoms with van der Waals surface area (Å²) >= 11 is 14.2. The summed E-state index contributed by atoms with van der Waals surface area (Å²) in [5.74, 6) is -21.1. The zero-order valence-electron chi connectivity index (χ0n) is 24.2. The second kappa shape index (κ2) is 10.9. The third-order valence-corrected chi connectivity index (χ3v) is 10.8. The van der Waals surface area contributed by atoms with Crippen molar-refractivity contribution in [3.63, 3.8) is 0 Å². The topological polar surface area (TPSA) is 104 Å². The van der Waals surface area contributed by atoms with Gasteiger partial charge in [0.15, 0.2) is 44.5 Å². The number of aromatic hydroxyl groups is 1. The van der Waals surface area contributed by atoms with Crippen LogP contribution in [0.3, 0.4) is 0 Å². The molecule has 2 aromatic rings. The number of phenols is 1. The average Bonchev–Trinajstić information content (AvgIpc) is 3.35. The van der Waals surface area contributed by atoms with Crippen molar-refractivity contribution in [2.75, 3.05) is 18.1 Å². The molecule has 0 radical (unpaired) electrons. The highest BCUT2D eigenvalue weighted by molar-refractivity contribution is 6.58. The van der Waals surface area contributed by atoms with Gasteiger partial charge in [-0.2, -0.15) is 0 Å². The molecular weight excluding hydrogens is 662 g/mol. The van der Waals surface area contributed by atoms with Crippen molar-refractivity contribution in [3.05, 3.63) is 64.5 Å². The number of amides is 4. The Morgan fingerprint density at radius 1 is 0.913 bits per heavy atom. The summed E-state index contributed by atoms with van der Waals surface area (Å²) in [7, 11) is 0. The maximum absolute atomic E-state index is 15.1. The van der Waals surface area contributed by atoms with E-state index in [-0.39, 0.29) is 41.5 Å². The van der Waals surface area contributed by atoms with Crippen molar-refractivity contribution in [2.24, 2.45) is 17.8 Å². The number of imide groups is 2. The maximum atomic E-state index is 15.1. The number of halogens is 7. The number of alkyl halides is 2. The molecule has 3 fully saturated rings. The van der Waals surface area contributed by atoms with Crippen molar-refractivity contribution in [2.45, 2.75) is 48.8 Å². The van der Waals surface area contributed by atoms with E-state index in [0.29, 0.717) is 12.0 Å². The van der Waals surface area contributed by atoms with E-state index in [1.165, 1.54) is 18.2 Å². The van der Waals surface area contributed by atoms with E-state index in [0.717, 1.165) is 4.90 Å². The Bertz CT molecular complexity index is 1740. The highest BCUT2D eigenvalue weighted by Gasteiger charge is 2.77. The van der Waals surface area contributed by atoms with Crippen LogP contribution >= 0.6 is 23.2 Å². The Hall–Kier alpha value is -3.71. The van der Waals surface area contributed by atoms with Crippen LogP contribution in [0.2, 0.25) is 0 Å². The minimum atomic E-state index is -2.66. The summed E-state index contributed by atoms with van der Waals surface area (Å²) in [5, 5.41) is 10.4. The molecule has 0 unspecified atom stereocenters. The fraction of sp³-hybridized carbons (Fsp3) is 0.419. The van der Waals surface area contributed by atoms with Gasteiger partial charge in [0, 0.05) is 12.5 Å². The molecule has 2 aromatic carbocycles. The number of carbonyl (C=O) groups is 4. The average molecular weight is 687 g/mol. The fourth-order valence-electron chi connectivity index (χ4n) is 7.43. The minimum Gasteiger partial charge on any atom is -0.504 e. The monoisotopic (exact) mass is 686 g/mol. The third kappa shape index (κ3) is 4.03. The lowest BCUT2D eigenvalue weighted by Crippen LogP contribution is -2.60. The normalized spacial score (nSPS) is 30.4. The van der Waals surface area contributed by atoms with Crippen LogP contribution < -0.4 is 9.64 Å². The molecule has 4 amide bonds. The molecule has 0 bridgehead atoms. The van der Waals surface area contributed by atoms with Gasteiger partial charge in [-0.1, -0.05) is 24.6 Å². The van der Waals surface area contributed by atoms with Crippen LogP contribution in [0.4, 0.5) is 27.6 Å². The molecule has 244 valence electrons. The first-order valence-corrected chi connectivity index (χ1v) is 15.2. The SMILES string of the molecule is CCCN1C(=O)[C@H]2[C@H](CC=C3[C@H]2C[C@@]2(Cl)C(=O)N(c4c(F)c(F)c(F)c(F)c4F)C(=O)[C@@]2(Cl)[C@H]3c2ccc(O)c(OCC)c2)C1=O. The second-order valence-electron chi connectivity index (χ2n) is 11.7. The second-order valence-corrected chi connectivity index (χ2v) is 12.9. The Morgan fingerprint density at radius 2 is 1.54 bits per heavy atom. The van der Waals surface area contributed by atoms with Gasteiger partial charge in [-0.15, -0.1) is 23.2 Å². The van der Waals surface area contributed by atoms with Crippen LogP contribution in [0, 0.1) is 46.8 Å². The minimum absolute atomic E-state index is 0.0416. The summed E-state index contributed by atoms with van der Waals surface area (Å²) in [6.07, 6.45) is 1.52. The highest BCUT2D eigenvalue weighted by Crippen LogP contribution is 2.66.